The van der Waals surface area contributed by atoms with Gasteiger partial charge in [-0.3, -0.25) is 9.69 Å². The van der Waals surface area contributed by atoms with E-state index in [1.165, 1.54) is 30.4 Å². The molecule has 0 bridgehead atoms. The molecule has 1 aliphatic carbocycles. The number of carbonyl (C=O) groups excluding carboxylic acids is 1. The minimum Gasteiger partial charge on any atom is -0.337 e. The molecule has 0 radical (unpaired) electrons. The summed E-state index contributed by atoms with van der Waals surface area (Å²) in [5, 5.41) is 1.01. The summed E-state index contributed by atoms with van der Waals surface area (Å²) in [5.41, 5.74) is 3.59. The molecule has 1 heterocycles. The molecule has 0 N–H and O–H groups in total. The van der Waals surface area contributed by atoms with Crippen molar-refractivity contribution < 1.29 is 4.79 Å². The first-order valence-corrected chi connectivity index (χ1v) is 11.3. The van der Waals surface area contributed by atoms with Crippen LogP contribution < -0.4 is 0 Å². The first kappa shape index (κ1) is 20.7. The molecule has 2 aromatic rings. The molecule has 5 heteroatoms. The number of aryl methyl sites for hydroxylation is 1. The molecule has 3 nitrogen and oxygen atoms in total. The zero-order valence-electron chi connectivity index (χ0n) is 16.9. The van der Waals surface area contributed by atoms with Crippen molar-refractivity contribution >= 4 is 29.1 Å². The second-order valence-corrected chi connectivity index (χ2v) is 9.09. The molecule has 0 aromatic heterocycles. The second kappa shape index (κ2) is 9.07. The van der Waals surface area contributed by atoms with Crippen molar-refractivity contribution in [1.82, 2.24) is 9.80 Å². The van der Waals surface area contributed by atoms with E-state index in [-0.39, 0.29) is 11.9 Å². The molecular formula is C24H28Cl2N2O. The average molecular weight is 431 g/mol. The fourth-order valence-corrected chi connectivity index (χ4v) is 5.26. The molecule has 1 fully saturated rings. The van der Waals surface area contributed by atoms with Crippen molar-refractivity contribution in [2.75, 3.05) is 20.1 Å². The molecule has 29 heavy (non-hydrogen) atoms. The van der Waals surface area contributed by atoms with Gasteiger partial charge in [-0.15, -0.1) is 0 Å². The molecule has 1 amide bonds. The van der Waals surface area contributed by atoms with Crippen LogP contribution in [0.3, 0.4) is 0 Å². The lowest BCUT2D eigenvalue weighted by atomic mass is 9.93. The normalized spacial score (nSPS) is 22.2. The Bertz CT molecular complexity index is 879. The van der Waals surface area contributed by atoms with Gasteiger partial charge in [0, 0.05) is 13.1 Å². The number of fused-ring (bicyclic) bond motifs is 1. The van der Waals surface area contributed by atoms with Crippen molar-refractivity contribution in [1.29, 1.82) is 0 Å². The maximum absolute atomic E-state index is 13.3. The summed E-state index contributed by atoms with van der Waals surface area (Å²) < 4.78 is 0. The number of likely N-dealkylation sites (tertiary alicyclic amines) is 1. The lowest BCUT2D eigenvalue weighted by Crippen LogP contribution is -2.46. The smallest absolute Gasteiger partial charge is 0.227 e. The summed E-state index contributed by atoms with van der Waals surface area (Å²) in [6.07, 6.45) is 6.23. The van der Waals surface area contributed by atoms with Crippen LogP contribution in [0.1, 0.15) is 48.4 Å². The molecule has 0 saturated carbocycles. The van der Waals surface area contributed by atoms with Crippen molar-refractivity contribution in [3.63, 3.8) is 0 Å². The Morgan fingerprint density at radius 2 is 1.83 bits per heavy atom. The van der Waals surface area contributed by atoms with Crippen molar-refractivity contribution in [2.45, 2.75) is 50.6 Å². The standard InChI is InChI=1S/C24H28Cl2N2O/c1-27(23(29)16-17-11-12-20(25)21(26)15-17)24-19-9-3-2-7-18(19)8-6-10-22(24)28-13-4-5-14-28/h2-3,7,9,11-12,15,22,24H,4-6,8,10,13-14,16H2,1H3. The number of likely N-dealkylation sites (N-methyl/N-ethyl adjacent to an activating group) is 1. The summed E-state index contributed by atoms with van der Waals surface area (Å²) in [5.74, 6) is 0.120. The van der Waals surface area contributed by atoms with Gasteiger partial charge in [-0.1, -0.05) is 53.5 Å². The zero-order valence-corrected chi connectivity index (χ0v) is 18.4. The molecule has 154 valence electrons. The van der Waals surface area contributed by atoms with Gasteiger partial charge in [-0.25, -0.2) is 0 Å². The van der Waals surface area contributed by atoms with Crippen LogP contribution in [0.2, 0.25) is 10.0 Å². The third-order valence-electron chi connectivity index (χ3n) is 6.44. The van der Waals surface area contributed by atoms with Crippen LogP contribution in [0.5, 0.6) is 0 Å². The van der Waals surface area contributed by atoms with E-state index in [0.717, 1.165) is 31.5 Å². The van der Waals surface area contributed by atoms with Gasteiger partial charge in [-0.05, 0) is 74.0 Å². The number of hydrogen-bond donors (Lipinski definition) is 0. The van der Waals surface area contributed by atoms with Gasteiger partial charge in [0.1, 0.15) is 0 Å². The Balaban J connectivity index is 1.63. The summed E-state index contributed by atoms with van der Waals surface area (Å²) in [4.78, 5) is 17.9. The molecule has 2 unspecified atom stereocenters. The second-order valence-electron chi connectivity index (χ2n) is 8.28. The van der Waals surface area contributed by atoms with Gasteiger partial charge in [0.25, 0.3) is 0 Å². The first-order valence-electron chi connectivity index (χ1n) is 10.6. The molecule has 2 aliphatic rings. The number of rotatable bonds is 4. The zero-order chi connectivity index (χ0) is 20.4. The number of nitrogens with zero attached hydrogens (tertiary/aromatic N) is 2. The van der Waals surface area contributed by atoms with Gasteiger partial charge < -0.3 is 4.90 Å². The summed E-state index contributed by atoms with van der Waals surface area (Å²) in [6, 6.07) is 14.6. The topological polar surface area (TPSA) is 23.6 Å². The fraction of sp³-hybridized carbons (Fsp3) is 0.458. The highest BCUT2D eigenvalue weighted by molar-refractivity contribution is 6.42. The maximum Gasteiger partial charge on any atom is 0.227 e. The van der Waals surface area contributed by atoms with Gasteiger partial charge >= 0.3 is 0 Å². The predicted molar refractivity (Wildman–Crippen MR) is 120 cm³/mol. The van der Waals surface area contributed by atoms with E-state index in [2.05, 4.69) is 29.2 Å². The average Bonchev–Trinajstić information content (AvgIpc) is 3.18. The minimum absolute atomic E-state index is 0.0853. The molecule has 1 aliphatic heterocycles. The Labute approximate surface area is 183 Å². The number of carbonyl (C=O) groups is 1. The summed E-state index contributed by atoms with van der Waals surface area (Å²) in [7, 11) is 1.97. The van der Waals surface area contributed by atoms with E-state index in [1.807, 2.05) is 18.0 Å². The molecule has 1 saturated heterocycles. The van der Waals surface area contributed by atoms with Crippen LogP contribution in [0.25, 0.3) is 0 Å². The monoisotopic (exact) mass is 430 g/mol. The molecule has 2 aromatic carbocycles. The predicted octanol–water partition coefficient (Wildman–Crippen LogP) is 5.54. The highest BCUT2D eigenvalue weighted by atomic mass is 35.5. The number of halogens is 2. The van der Waals surface area contributed by atoms with E-state index in [4.69, 9.17) is 23.2 Å². The highest BCUT2D eigenvalue weighted by Gasteiger charge is 2.37. The quantitative estimate of drug-likeness (QED) is 0.594. The van der Waals surface area contributed by atoms with Crippen molar-refractivity contribution in [2.24, 2.45) is 0 Å². The van der Waals surface area contributed by atoms with E-state index >= 15 is 0 Å². The molecular weight excluding hydrogens is 403 g/mol. The molecule has 0 spiro atoms. The fourth-order valence-electron chi connectivity index (χ4n) is 4.94. The Morgan fingerprint density at radius 3 is 2.59 bits per heavy atom. The van der Waals surface area contributed by atoms with Gasteiger partial charge in [0.2, 0.25) is 5.91 Å². The van der Waals surface area contributed by atoms with Gasteiger partial charge in [-0.2, -0.15) is 0 Å². The summed E-state index contributed by atoms with van der Waals surface area (Å²) >= 11 is 12.2. The lowest BCUT2D eigenvalue weighted by molar-refractivity contribution is -0.132. The number of amides is 1. The Kier molecular flexibility index (Phi) is 6.48. The molecule has 2 atom stereocenters. The van der Waals surface area contributed by atoms with Gasteiger partial charge in [0.15, 0.2) is 0 Å². The van der Waals surface area contributed by atoms with Crippen LogP contribution >= 0.6 is 23.2 Å². The third-order valence-corrected chi connectivity index (χ3v) is 7.18. The number of hydrogen-bond acceptors (Lipinski definition) is 2. The molecule has 4 rings (SSSR count). The number of benzene rings is 2. The van der Waals surface area contributed by atoms with Crippen LogP contribution in [0, 0.1) is 0 Å². The van der Waals surface area contributed by atoms with Crippen molar-refractivity contribution in [3.05, 3.63) is 69.2 Å². The van der Waals surface area contributed by atoms with E-state index in [9.17, 15) is 4.79 Å². The first-order chi connectivity index (χ1) is 14.0. The van der Waals surface area contributed by atoms with E-state index < -0.39 is 0 Å². The Morgan fingerprint density at radius 1 is 1.07 bits per heavy atom. The minimum atomic E-state index is 0.0853. The third kappa shape index (κ3) is 4.47. The van der Waals surface area contributed by atoms with E-state index in [0.29, 0.717) is 22.5 Å². The van der Waals surface area contributed by atoms with Crippen LogP contribution in [-0.4, -0.2) is 41.9 Å². The van der Waals surface area contributed by atoms with Crippen LogP contribution in [0.15, 0.2) is 42.5 Å². The largest absolute Gasteiger partial charge is 0.337 e. The van der Waals surface area contributed by atoms with Crippen LogP contribution in [0.4, 0.5) is 0 Å². The lowest BCUT2D eigenvalue weighted by Gasteiger charge is -2.39. The van der Waals surface area contributed by atoms with Crippen LogP contribution in [-0.2, 0) is 17.6 Å². The van der Waals surface area contributed by atoms with E-state index in [1.54, 1.807) is 12.1 Å². The van der Waals surface area contributed by atoms with Gasteiger partial charge in [0.05, 0.1) is 22.5 Å². The summed E-state index contributed by atoms with van der Waals surface area (Å²) in [6.45, 7) is 2.27. The maximum atomic E-state index is 13.3. The SMILES string of the molecule is CN(C(=O)Cc1ccc(Cl)c(Cl)c1)C1c2ccccc2CCCC1N1CCCC1. The highest BCUT2D eigenvalue weighted by Crippen LogP contribution is 2.37. The van der Waals surface area contributed by atoms with Crippen molar-refractivity contribution in [3.8, 4) is 0 Å². The Hall–Kier alpha value is -1.55.